The van der Waals surface area contributed by atoms with Crippen LogP contribution in [0.3, 0.4) is 0 Å². The van der Waals surface area contributed by atoms with Crippen molar-refractivity contribution in [3.8, 4) is 0 Å². The SMILES string of the molecule is Cc1nn(CC(C)C)c(Cl)c1/C=C/C(=O)NCCCN1CCCCCC1=O. The highest BCUT2D eigenvalue weighted by molar-refractivity contribution is 6.31. The smallest absolute Gasteiger partial charge is 0.244 e. The molecule has 2 amide bonds. The van der Waals surface area contributed by atoms with Crippen molar-refractivity contribution in [2.45, 2.75) is 59.4 Å². The third-order valence-corrected chi connectivity index (χ3v) is 5.02. The van der Waals surface area contributed by atoms with E-state index in [1.165, 1.54) is 6.08 Å². The lowest BCUT2D eigenvalue weighted by atomic mass is 10.2. The van der Waals surface area contributed by atoms with E-state index in [2.05, 4.69) is 24.3 Å². The molecular formula is C20H31ClN4O2. The normalized spacial score (nSPS) is 15.6. The highest BCUT2D eigenvalue weighted by atomic mass is 35.5. The molecule has 0 aromatic carbocycles. The number of nitrogens with zero attached hydrogens (tertiary/aromatic N) is 3. The molecule has 7 heteroatoms. The number of amides is 2. The van der Waals surface area contributed by atoms with Crippen molar-refractivity contribution in [2.24, 2.45) is 5.92 Å². The first-order valence-electron chi connectivity index (χ1n) is 9.85. The number of hydrogen-bond donors (Lipinski definition) is 1. The topological polar surface area (TPSA) is 67.2 Å². The molecule has 27 heavy (non-hydrogen) atoms. The van der Waals surface area contributed by atoms with Crippen LogP contribution in [-0.4, -0.2) is 46.1 Å². The number of nitrogens with one attached hydrogen (secondary N) is 1. The lowest BCUT2D eigenvalue weighted by Gasteiger charge is -2.20. The minimum atomic E-state index is -0.163. The Morgan fingerprint density at radius 2 is 2.11 bits per heavy atom. The predicted octanol–water partition coefficient (Wildman–Crippen LogP) is 3.42. The van der Waals surface area contributed by atoms with Gasteiger partial charge in [0.05, 0.1) is 5.69 Å². The number of aromatic nitrogens is 2. The van der Waals surface area contributed by atoms with E-state index < -0.39 is 0 Å². The molecule has 2 rings (SSSR count). The van der Waals surface area contributed by atoms with Gasteiger partial charge in [0.25, 0.3) is 0 Å². The Bertz CT molecular complexity index is 682. The predicted molar refractivity (Wildman–Crippen MR) is 109 cm³/mol. The maximum absolute atomic E-state index is 12.0. The highest BCUT2D eigenvalue weighted by Gasteiger charge is 2.16. The molecule has 2 heterocycles. The molecule has 6 nitrogen and oxygen atoms in total. The van der Waals surface area contributed by atoms with Crippen molar-refractivity contribution in [3.63, 3.8) is 0 Å². The summed E-state index contributed by atoms with van der Waals surface area (Å²) in [5.74, 6) is 0.518. The standard InChI is InChI=1S/C20H31ClN4O2/c1-15(2)14-25-20(21)17(16(3)23-25)9-10-18(26)22-11-7-13-24-12-6-4-5-8-19(24)27/h9-10,15H,4-8,11-14H2,1-3H3,(H,22,26)/b10-9+. The number of aryl methyl sites for hydroxylation is 1. The number of carbonyl (C=O) groups excluding carboxylic acids is 2. The summed E-state index contributed by atoms with van der Waals surface area (Å²) in [6, 6.07) is 0. The highest BCUT2D eigenvalue weighted by Crippen LogP contribution is 2.22. The number of rotatable bonds is 8. The summed E-state index contributed by atoms with van der Waals surface area (Å²) in [5.41, 5.74) is 1.59. The Morgan fingerprint density at radius 1 is 1.33 bits per heavy atom. The number of carbonyl (C=O) groups is 2. The van der Waals surface area contributed by atoms with E-state index in [0.717, 1.165) is 50.0 Å². The first kappa shape index (κ1) is 21.5. The zero-order valence-corrected chi connectivity index (χ0v) is 17.4. The van der Waals surface area contributed by atoms with E-state index in [9.17, 15) is 9.59 Å². The van der Waals surface area contributed by atoms with Crippen molar-refractivity contribution >= 4 is 29.5 Å². The Balaban J connectivity index is 1.78. The molecule has 1 aliphatic heterocycles. The van der Waals surface area contributed by atoms with E-state index in [1.54, 1.807) is 10.8 Å². The van der Waals surface area contributed by atoms with E-state index >= 15 is 0 Å². The van der Waals surface area contributed by atoms with Crippen molar-refractivity contribution in [1.82, 2.24) is 20.0 Å². The minimum absolute atomic E-state index is 0.163. The Morgan fingerprint density at radius 3 is 2.85 bits per heavy atom. The fourth-order valence-corrected chi connectivity index (χ4v) is 3.50. The van der Waals surface area contributed by atoms with Crippen LogP contribution in [0.2, 0.25) is 5.15 Å². The van der Waals surface area contributed by atoms with Crippen LogP contribution in [0.5, 0.6) is 0 Å². The molecule has 1 fully saturated rings. The monoisotopic (exact) mass is 394 g/mol. The van der Waals surface area contributed by atoms with Crippen LogP contribution in [0.1, 0.15) is 57.2 Å². The van der Waals surface area contributed by atoms with Crippen molar-refractivity contribution in [2.75, 3.05) is 19.6 Å². The Kier molecular flexibility index (Phi) is 8.35. The maximum Gasteiger partial charge on any atom is 0.244 e. The molecule has 1 saturated heterocycles. The van der Waals surface area contributed by atoms with E-state index in [4.69, 9.17) is 11.6 Å². The molecule has 0 bridgehead atoms. The molecule has 0 aliphatic carbocycles. The second-order valence-corrected chi connectivity index (χ2v) is 7.89. The summed E-state index contributed by atoms with van der Waals surface area (Å²) in [6.45, 7) is 8.94. The van der Waals surface area contributed by atoms with Gasteiger partial charge >= 0.3 is 0 Å². The molecule has 1 N–H and O–H groups in total. The van der Waals surface area contributed by atoms with Crippen molar-refractivity contribution in [3.05, 3.63) is 22.5 Å². The van der Waals surface area contributed by atoms with Gasteiger partial charge in [-0.3, -0.25) is 14.3 Å². The van der Waals surface area contributed by atoms with Gasteiger partial charge < -0.3 is 10.2 Å². The summed E-state index contributed by atoms with van der Waals surface area (Å²) >= 11 is 6.38. The average Bonchev–Trinajstić information content (AvgIpc) is 2.75. The summed E-state index contributed by atoms with van der Waals surface area (Å²) in [6.07, 6.45) is 7.82. The molecular weight excluding hydrogens is 364 g/mol. The molecule has 0 spiro atoms. The van der Waals surface area contributed by atoms with Crippen molar-refractivity contribution in [1.29, 1.82) is 0 Å². The molecule has 1 aromatic rings. The van der Waals surface area contributed by atoms with Gasteiger partial charge in [0, 0.05) is 44.2 Å². The zero-order valence-electron chi connectivity index (χ0n) is 16.6. The van der Waals surface area contributed by atoms with Gasteiger partial charge in [0.2, 0.25) is 11.8 Å². The number of halogens is 1. The largest absolute Gasteiger partial charge is 0.352 e. The maximum atomic E-state index is 12.0. The van der Waals surface area contributed by atoms with Gasteiger partial charge in [-0.15, -0.1) is 0 Å². The Hall–Kier alpha value is -1.82. The summed E-state index contributed by atoms with van der Waals surface area (Å²) in [4.78, 5) is 25.9. The van der Waals surface area contributed by atoms with E-state index in [-0.39, 0.29) is 11.8 Å². The van der Waals surface area contributed by atoms with Crippen LogP contribution in [0.15, 0.2) is 6.08 Å². The summed E-state index contributed by atoms with van der Waals surface area (Å²) < 4.78 is 1.78. The van der Waals surface area contributed by atoms with Crippen LogP contribution < -0.4 is 5.32 Å². The van der Waals surface area contributed by atoms with Crippen LogP contribution >= 0.6 is 11.6 Å². The molecule has 1 aliphatic rings. The number of hydrogen-bond acceptors (Lipinski definition) is 3. The molecule has 0 atom stereocenters. The first-order valence-corrected chi connectivity index (χ1v) is 10.2. The molecule has 1 aromatic heterocycles. The molecule has 150 valence electrons. The zero-order chi connectivity index (χ0) is 19.8. The fraction of sp³-hybridized carbons (Fsp3) is 0.650. The summed E-state index contributed by atoms with van der Waals surface area (Å²) in [5, 5.41) is 7.86. The van der Waals surface area contributed by atoms with E-state index in [1.807, 2.05) is 11.8 Å². The van der Waals surface area contributed by atoms with Crippen molar-refractivity contribution < 1.29 is 9.59 Å². The van der Waals surface area contributed by atoms with Gasteiger partial charge in [-0.1, -0.05) is 31.9 Å². The first-order chi connectivity index (χ1) is 12.9. The quantitative estimate of drug-likeness (QED) is 0.542. The second-order valence-electron chi connectivity index (χ2n) is 7.54. The summed E-state index contributed by atoms with van der Waals surface area (Å²) in [7, 11) is 0. The molecule has 0 radical (unpaired) electrons. The third-order valence-electron chi connectivity index (χ3n) is 4.62. The van der Waals surface area contributed by atoms with Gasteiger partial charge in [-0.2, -0.15) is 5.10 Å². The Labute approximate surface area is 166 Å². The van der Waals surface area contributed by atoms with Crippen LogP contribution in [-0.2, 0) is 16.1 Å². The molecule has 0 unspecified atom stereocenters. The van der Waals surface area contributed by atoms with Crippen LogP contribution in [0.25, 0.3) is 6.08 Å². The third kappa shape index (κ3) is 6.69. The van der Waals surface area contributed by atoms with Crippen LogP contribution in [0.4, 0.5) is 0 Å². The fourth-order valence-electron chi connectivity index (χ4n) is 3.20. The lowest BCUT2D eigenvalue weighted by molar-refractivity contribution is -0.130. The second kappa shape index (κ2) is 10.5. The van der Waals surface area contributed by atoms with Gasteiger partial charge in [-0.25, -0.2) is 0 Å². The van der Waals surface area contributed by atoms with Gasteiger partial charge in [0.1, 0.15) is 5.15 Å². The van der Waals surface area contributed by atoms with Crippen LogP contribution in [0, 0.1) is 12.8 Å². The number of likely N-dealkylation sites (tertiary alicyclic amines) is 1. The minimum Gasteiger partial charge on any atom is -0.352 e. The average molecular weight is 395 g/mol. The van der Waals surface area contributed by atoms with Gasteiger partial charge in [0.15, 0.2) is 0 Å². The lowest BCUT2D eigenvalue weighted by Crippen LogP contribution is -2.33. The van der Waals surface area contributed by atoms with E-state index in [0.29, 0.717) is 30.6 Å². The van der Waals surface area contributed by atoms with Gasteiger partial charge in [-0.05, 0) is 38.2 Å². The molecule has 0 saturated carbocycles.